The lowest BCUT2D eigenvalue weighted by Gasteiger charge is -2.21. The third-order valence-electron chi connectivity index (χ3n) is 6.59. The molecule has 0 unspecified atom stereocenters. The van der Waals surface area contributed by atoms with Crippen LogP contribution in [0.5, 0.6) is 0 Å². The number of aromatic amines is 1. The molecule has 0 aliphatic carbocycles. The molecule has 0 bridgehead atoms. The number of halogens is 2. The maximum Gasteiger partial charge on any atom is 0.256 e. The van der Waals surface area contributed by atoms with E-state index in [1.54, 1.807) is 6.33 Å². The van der Waals surface area contributed by atoms with E-state index in [9.17, 15) is 4.79 Å². The molecule has 0 saturated heterocycles. The van der Waals surface area contributed by atoms with Crippen molar-refractivity contribution in [2.75, 3.05) is 44.4 Å². The number of nitrogens with one attached hydrogen (secondary N) is 2. The standard InChI is InChI=1S/C29H29Cl2N7O/c1-36(2)13-14-37(3)21-10-7-19(8-11-21)29(39)33-28-16-26(34-35-28)20-9-12-25-27(15-20)38(18-32-25)17-22-23(30)5-4-6-24(22)31/h4-12,15-16,18H,13-14,17H2,1-3H3,(H2,33,34,35,39). The Bertz CT molecular complexity index is 1590. The minimum absolute atomic E-state index is 0.222. The molecule has 0 spiro atoms. The molecule has 0 atom stereocenters. The zero-order chi connectivity index (χ0) is 27.5. The van der Waals surface area contributed by atoms with Gasteiger partial charge in [0, 0.05) is 58.6 Å². The lowest BCUT2D eigenvalue weighted by Crippen LogP contribution is -2.28. The predicted molar refractivity (Wildman–Crippen MR) is 159 cm³/mol. The van der Waals surface area contributed by atoms with E-state index < -0.39 is 0 Å². The number of H-pyrrole nitrogens is 1. The van der Waals surface area contributed by atoms with Gasteiger partial charge < -0.3 is 19.7 Å². The molecule has 10 heteroatoms. The van der Waals surface area contributed by atoms with Crippen molar-refractivity contribution in [3.05, 3.63) is 94.2 Å². The van der Waals surface area contributed by atoms with Crippen LogP contribution in [-0.4, -0.2) is 64.8 Å². The van der Waals surface area contributed by atoms with Crippen LogP contribution in [0, 0.1) is 0 Å². The first-order valence-corrected chi connectivity index (χ1v) is 13.2. The topological polar surface area (TPSA) is 82.1 Å². The highest BCUT2D eigenvalue weighted by Gasteiger charge is 2.13. The molecule has 1 amide bonds. The second-order valence-electron chi connectivity index (χ2n) is 9.67. The monoisotopic (exact) mass is 561 g/mol. The Labute approximate surface area is 237 Å². The molecule has 2 aromatic heterocycles. The summed E-state index contributed by atoms with van der Waals surface area (Å²) in [6.07, 6.45) is 1.78. The minimum Gasteiger partial charge on any atom is -0.373 e. The summed E-state index contributed by atoms with van der Waals surface area (Å²) >= 11 is 12.8. The largest absolute Gasteiger partial charge is 0.373 e. The molecule has 5 aromatic rings. The number of hydrogen-bond acceptors (Lipinski definition) is 5. The molecule has 0 radical (unpaired) electrons. The van der Waals surface area contributed by atoms with Crippen molar-refractivity contribution in [1.29, 1.82) is 0 Å². The number of likely N-dealkylation sites (N-methyl/N-ethyl adjacent to an activating group) is 2. The summed E-state index contributed by atoms with van der Waals surface area (Å²) in [5.41, 5.74) is 5.92. The van der Waals surface area contributed by atoms with Gasteiger partial charge in [-0.2, -0.15) is 5.10 Å². The van der Waals surface area contributed by atoms with Crippen molar-refractivity contribution >= 4 is 51.6 Å². The van der Waals surface area contributed by atoms with Crippen LogP contribution in [0.4, 0.5) is 11.5 Å². The van der Waals surface area contributed by atoms with Gasteiger partial charge >= 0.3 is 0 Å². The molecule has 39 heavy (non-hydrogen) atoms. The third kappa shape index (κ3) is 6.09. The average Bonchev–Trinajstić information content (AvgIpc) is 3.56. The number of nitrogens with zero attached hydrogens (tertiary/aromatic N) is 5. The first-order chi connectivity index (χ1) is 18.8. The molecular formula is C29H29Cl2N7O. The Morgan fingerprint density at radius 1 is 0.974 bits per heavy atom. The van der Waals surface area contributed by atoms with E-state index in [1.165, 1.54) is 0 Å². The van der Waals surface area contributed by atoms with E-state index >= 15 is 0 Å². The van der Waals surface area contributed by atoms with Gasteiger partial charge in [0.15, 0.2) is 5.82 Å². The Morgan fingerprint density at radius 2 is 1.72 bits per heavy atom. The van der Waals surface area contributed by atoms with Gasteiger partial charge in [-0.05, 0) is 62.6 Å². The van der Waals surface area contributed by atoms with Gasteiger partial charge in [0.1, 0.15) is 0 Å². The van der Waals surface area contributed by atoms with Crippen LogP contribution in [0.3, 0.4) is 0 Å². The van der Waals surface area contributed by atoms with Crippen molar-refractivity contribution < 1.29 is 4.79 Å². The number of benzene rings is 3. The number of rotatable bonds is 9. The van der Waals surface area contributed by atoms with Gasteiger partial charge in [0.25, 0.3) is 5.91 Å². The Kier molecular flexibility index (Phi) is 7.88. The Balaban J connectivity index is 1.29. The van der Waals surface area contributed by atoms with Gasteiger partial charge in [-0.15, -0.1) is 0 Å². The molecule has 0 fully saturated rings. The van der Waals surface area contributed by atoms with Crippen molar-refractivity contribution in [2.45, 2.75) is 6.54 Å². The summed E-state index contributed by atoms with van der Waals surface area (Å²) in [5.74, 6) is 0.222. The maximum atomic E-state index is 12.9. The van der Waals surface area contributed by atoms with Gasteiger partial charge in [0.05, 0.1) is 29.6 Å². The summed E-state index contributed by atoms with van der Waals surface area (Å²) in [4.78, 5) is 21.7. The molecule has 2 N–H and O–H groups in total. The van der Waals surface area contributed by atoms with Gasteiger partial charge in [-0.25, -0.2) is 4.98 Å². The highest BCUT2D eigenvalue weighted by molar-refractivity contribution is 6.36. The summed E-state index contributed by atoms with van der Waals surface area (Å²) < 4.78 is 2.01. The van der Waals surface area contributed by atoms with Crippen molar-refractivity contribution in [2.24, 2.45) is 0 Å². The van der Waals surface area contributed by atoms with E-state index in [1.807, 2.05) is 92.4 Å². The number of anilines is 2. The predicted octanol–water partition coefficient (Wildman–Crippen LogP) is 6.03. The number of fused-ring (bicyclic) bond motifs is 1. The van der Waals surface area contributed by atoms with Crippen LogP contribution >= 0.6 is 23.2 Å². The first kappa shape index (κ1) is 26.7. The molecule has 0 saturated carbocycles. The number of carbonyl (C=O) groups excluding carboxylic acids is 1. The fraction of sp³-hybridized carbons (Fsp3) is 0.207. The molecular weight excluding hydrogens is 533 g/mol. The van der Waals surface area contributed by atoms with Gasteiger partial charge in [-0.3, -0.25) is 9.89 Å². The van der Waals surface area contributed by atoms with Crippen molar-refractivity contribution in [3.8, 4) is 11.3 Å². The summed E-state index contributed by atoms with van der Waals surface area (Å²) in [6, 6.07) is 20.8. The minimum atomic E-state index is -0.222. The van der Waals surface area contributed by atoms with Crippen LogP contribution < -0.4 is 10.2 Å². The van der Waals surface area contributed by atoms with Gasteiger partial charge in [-0.1, -0.05) is 35.3 Å². The number of amides is 1. The zero-order valence-electron chi connectivity index (χ0n) is 21.9. The maximum absolute atomic E-state index is 12.9. The second kappa shape index (κ2) is 11.5. The molecule has 8 nitrogen and oxygen atoms in total. The van der Waals surface area contributed by atoms with Crippen molar-refractivity contribution in [3.63, 3.8) is 0 Å². The lowest BCUT2D eigenvalue weighted by molar-refractivity contribution is 0.102. The van der Waals surface area contributed by atoms with E-state index in [-0.39, 0.29) is 5.91 Å². The molecule has 0 aliphatic heterocycles. The Morgan fingerprint density at radius 3 is 2.44 bits per heavy atom. The summed E-state index contributed by atoms with van der Waals surface area (Å²) in [5, 5.41) is 11.4. The number of imidazole rings is 1. The van der Waals surface area contributed by atoms with Crippen LogP contribution in [0.1, 0.15) is 15.9 Å². The number of carbonyl (C=O) groups is 1. The van der Waals surface area contributed by atoms with Crippen molar-refractivity contribution in [1.82, 2.24) is 24.6 Å². The van der Waals surface area contributed by atoms with Gasteiger partial charge in [0.2, 0.25) is 0 Å². The Hall–Kier alpha value is -3.85. The van der Waals surface area contributed by atoms with Crippen LogP contribution in [0.15, 0.2) is 73.1 Å². The summed E-state index contributed by atoms with van der Waals surface area (Å²) in [6.45, 7) is 2.34. The molecule has 200 valence electrons. The van der Waals surface area contributed by atoms with Crippen LogP contribution in [0.25, 0.3) is 22.3 Å². The molecule has 2 heterocycles. The van der Waals surface area contributed by atoms with E-state index in [0.717, 1.165) is 46.6 Å². The van der Waals surface area contributed by atoms with E-state index in [4.69, 9.17) is 23.2 Å². The van der Waals surface area contributed by atoms with Crippen LogP contribution in [-0.2, 0) is 6.54 Å². The van der Waals surface area contributed by atoms with Crippen LogP contribution in [0.2, 0.25) is 10.0 Å². The molecule has 3 aromatic carbocycles. The van der Waals surface area contributed by atoms with E-state index in [2.05, 4.69) is 30.3 Å². The zero-order valence-corrected chi connectivity index (χ0v) is 23.5. The fourth-order valence-corrected chi connectivity index (χ4v) is 4.79. The van der Waals surface area contributed by atoms with E-state index in [0.29, 0.717) is 28.0 Å². The molecule has 5 rings (SSSR count). The summed E-state index contributed by atoms with van der Waals surface area (Å²) in [7, 11) is 6.14. The normalized spacial score (nSPS) is 11.3. The molecule has 0 aliphatic rings. The first-order valence-electron chi connectivity index (χ1n) is 12.5. The highest BCUT2D eigenvalue weighted by Crippen LogP contribution is 2.28. The quantitative estimate of drug-likeness (QED) is 0.229. The SMILES string of the molecule is CN(C)CCN(C)c1ccc(C(=O)Nc2cc(-c3ccc4ncn(Cc5c(Cl)cccc5Cl)c4c3)[nH]n2)cc1. The average molecular weight is 563 g/mol. The number of aromatic nitrogens is 4. The smallest absolute Gasteiger partial charge is 0.256 e. The second-order valence-corrected chi connectivity index (χ2v) is 10.5. The third-order valence-corrected chi connectivity index (χ3v) is 7.30. The number of hydrogen-bond donors (Lipinski definition) is 2. The highest BCUT2D eigenvalue weighted by atomic mass is 35.5. The fourth-order valence-electron chi connectivity index (χ4n) is 4.27. The lowest BCUT2D eigenvalue weighted by atomic mass is 10.1.